The van der Waals surface area contributed by atoms with Crippen LogP contribution in [0.4, 0.5) is 0 Å². The van der Waals surface area contributed by atoms with Gasteiger partial charge in [-0.15, -0.1) is 0 Å². The molecule has 0 aliphatic heterocycles. The van der Waals surface area contributed by atoms with Gasteiger partial charge in [0.05, 0.1) is 6.61 Å². The first-order valence-electron chi connectivity index (χ1n) is 6.76. The van der Waals surface area contributed by atoms with E-state index in [0.29, 0.717) is 6.61 Å². The minimum absolute atomic E-state index is 0.281. The van der Waals surface area contributed by atoms with Gasteiger partial charge in [0.25, 0.3) is 0 Å². The van der Waals surface area contributed by atoms with E-state index in [0.717, 1.165) is 12.8 Å². The lowest BCUT2D eigenvalue weighted by Crippen LogP contribution is -2.04. The third-order valence-electron chi connectivity index (χ3n) is 2.93. The van der Waals surface area contributed by atoms with Crippen LogP contribution in [0.15, 0.2) is 72.8 Å². The molecule has 0 N–H and O–H groups in total. The van der Waals surface area contributed by atoms with Gasteiger partial charge >= 0.3 is 5.97 Å². The summed E-state index contributed by atoms with van der Waals surface area (Å²) in [5.74, 6) is -0.281. The summed E-state index contributed by atoms with van der Waals surface area (Å²) >= 11 is 0. The lowest BCUT2D eigenvalue weighted by molar-refractivity contribution is -0.137. The van der Waals surface area contributed by atoms with Crippen molar-refractivity contribution in [3.63, 3.8) is 0 Å². The van der Waals surface area contributed by atoms with Crippen LogP contribution in [0, 0.1) is 0 Å². The highest BCUT2D eigenvalue weighted by Gasteiger charge is 1.97. The van der Waals surface area contributed by atoms with Crippen LogP contribution in [0.5, 0.6) is 0 Å². The molecule has 0 saturated heterocycles. The Balaban J connectivity index is 1.68. The molecule has 0 radical (unpaired) electrons. The number of ether oxygens (including phenoxy) is 1. The topological polar surface area (TPSA) is 26.3 Å². The minimum atomic E-state index is -0.281. The van der Waals surface area contributed by atoms with Gasteiger partial charge in [-0.2, -0.15) is 0 Å². The third-order valence-corrected chi connectivity index (χ3v) is 2.93. The standard InChI is InChI=1S/C18H18O2/c19-18(13-7-12-16-8-3-1-4-9-16)20-15-14-17-10-5-2-6-11-17/h1-11,13H,12,14-15H2. The van der Waals surface area contributed by atoms with Gasteiger partial charge in [0, 0.05) is 12.5 Å². The number of carbonyl (C=O) groups is 1. The van der Waals surface area contributed by atoms with E-state index in [2.05, 4.69) is 0 Å². The molecule has 0 atom stereocenters. The van der Waals surface area contributed by atoms with E-state index in [1.807, 2.05) is 66.7 Å². The molecule has 0 aliphatic carbocycles. The Bertz CT molecular complexity index is 544. The minimum Gasteiger partial charge on any atom is -0.462 e. The Morgan fingerprint density at radius 2 is 1.50 bits per heavy atom. The SMILES string of the molecule is O=C(C=CCc1ccccc1)OCCc1ccccc1. The number of benzene rings is 2. The molecule has 0 fully saturated rings. The number of carbonyl (C=O) groups excluding carboxylic acids is 1. The molecule has 2 heteroatoms. The highest BCUT2D eigenvalue weighted by molar-refractivity contribution is 5.81. The molecule has 2 aromatic carbocycles. The number of esters is 1. The van der Waals surface area contributed by atoms with Crippen LogP contribution in [0.1, 0.15) is 11.1 Å². The fraction of sp³-hybridized carbons (Fsp3) is 0.167. The highest BCUT2D eigenvalue weighted by atomic mass is 16.5. The zero-order valence-electron chi connectivity index (χ0n) is 11.4. The predicted molar refractivity (Wildman–Crippen MR) is 80.4 cm³/mol. The monoisotopic (exact) mass is 266 g/mol. The molecule has 0 heterocycles. The molecule has 0 spiro atoms. The molecule has 0 saturated carbocycles. The summed E-state index contributed by atoms with van der Waals surface area (Å²) in [6.07, 6.45) is 4.83. The van der Waals surface area contributed by atoms with Gasteiger partial charge < -0.3 is 4.74 Å². The molecule has 0 unspecified atom stereocenters. The first-order valence-corrected chi connectivity index (χ1v) is 6.76. The van der Waals surface area contributed by atoms with Crippen LogP contribution in [0.2, 0.25) is 0 Å². The first kappa shape index (κ1) is 14.1. The fourth-order valence-electron chi connectivity index (χ4n) is 1.87. The van der Waals surface area contributed by atoms with Crippen molar-refractivity contribution in [1.82, 2.24) is 0 Å². The molecule has 2 nitrogen and oxygen atoms in total. The number of hydrogen-bond donors (Lipinski definition) is 0. The molecule has 0 aromatic heterocycles. The van der Waals surface area contributed by atoms with Crippen LogP contribution in [-0.2, 0) is 22.4 Å². The summed E-state index contributed by atoms with van der Waals surface area (Å²) < 4.78 is 5.16. The first-order chi connectivity index (χ1) is 9.84. The Kier molecular flexibility index (Phi) is 5.59. The summed E-state index contributed by atoms with van der Waals surface area (Å²) in [7, 11) is 0. The summed E-state index contributed by atoms with van der Waals surface area (Å²) in [6.45, 7) is 0.415. The maximum atomic E-state index is 11.5. The van der Waals surface area contributed by atoms with Crippen LogP contribution in [0.25, 0.3) is 0 Å². The van der Waals surface area contributed by atoms with Gasteiger partial charge in [-0.3, -0.25) is 0 Å². The van der Waals surface area contributed by atoms with Gasteiger partial charge in [-0.25, -0.2) is 4.79 Å². The van der Waals surface area contributed by atoms with Crippen molar-refractivity contribution in [1.29, 1.82) is 0 Å². The van der Waals surface area contributed by atoms with Crippen molar-refractivity contribution in [3.8, 4) is 0 Å². The van der Waals surface area contributed by atoms with Crippen molar-refractivity contribution in [2.75, 3.05) is 6.61 Å². The van der Waals surface area contributed by atoms with Crippen LogP contribution in [0.3, 0.4) is 0 Å². The molecule has 102 valence electrons. The van der Waals surface area contributed by atoms with Crippen molar-refractivity contribution in [2.24, 2.45) is 0 Å². The largest absolute Gasteiger partial charge is 0.462 e. The molecular formula is C18H18O2. The summed E-state index contributed by atoms with van der Waals surface area (Å²) in [5.41, 5.74) is 2.36. The van der Waals surface area contributed by atoms with E-state index in [4.69, 9.17) is 4.74 Å². The maximum Gasteiger partial charge on any atom is 0.330 e. The Morgan fingerprint density at radius 3 is 2.15 bits per heavy atom. The summed E-state index contributed by atoms with van der Waals surface area (Å²) in [5, 5.41) is 0. The van der Waals surface area contributed by atoms with E-state index in [-0.39, 0.29) is 5.97 Å². The highest BCUT2D eigenvalue weighted by Crippen LogP contribution is 2.01. The molecule has 2 aromatic rings. The Labute approximate surface area is 119 Å². The van der Waals surface area contributed by atoms with Crippen molar-refractivity contribution in [2.45, 2.75) is 12.8 Å². The number of rotatable bonds is 6. The average Bonchev–Trinajstić information content (AvgIpc) is 2.49. The maximum absolute atomic E-state index is 11.5. The van der Waals surface area contributed by atoms with E-state index in [1.165, 1.54) is 17.2 Å². The van der Waals surface area contributed by atoms with Gasteiger partial charge in [-0.05, 0) is 17.5 Å². The lowest BCUT2D eigenvalue weighted by Gasteiger charge is -2.02. The van der Waals surface area contributed by atoms with Gasteiger partial charge in [0.1, 0.15) is 0 Å². The van der Waals surface area contributed by atoms with E-state index >= 15 is 0 Å². The van der Waals surface area contributed by atoms with Crippen molar-refractivity contribution in [3.05, 3.63) is 83.9 Å². The van der Waals surface area contributed by atoms with Gasteiger partial charge in [-0.1, -0.05) is 66.7 Å². The van der Waals surface area contributed by atoms with E-state index < -0.39 is 0 Å². The zero-order chi connectivity index (χ0) is 14.0. The average molecular weight is 266 g/mol. The number of allylic oxidation sites excluding steroid dienone is 1. The second-order valence-corrected chi connectivity index (χ2v) is 4.50. The van der Waals surface area contributed by atoms with E-state index in [1.54, 1.807) is 0 Å². The Morgan fingerprint density at radius 1 is 0.900 bits per heavy atom. The van der Waals surface area contributed by atoms with Crippen molar-refractivity contribution >= 4 is 5.97 Å². The normalized spacial score (nSPS) is 10.6. The smallest absolute Gasteiger partial charge is 0.330 e. The Hall–Kier alpha value is -2.35. The van der Waals surface area contributed by atoms with Crippen LogP contribution >= 0.6 is 0 Å². The molecule has 0 aliphatic rings. The van der Waals surface area contributed by atoms with Crippen LogP contribution < -0.4 is 0 Å². The van der Waals surface area contributed by atoms with Crippen LogP contribution in [-0.4, -0.2) is 12.6 Å². The quantitative estimate of drug-likeness (QED) is 0.590. The van der Waals surface area contributed by atoms with Gasteiger partial charge in [0.15, 0.2) is 0 Å². The number of hydrogen-bond acceptors (Lipinski definition) is 2. The summed E-state index contributed by atoms with van der Waals surface area (Å²) in [4.78, 5) is 11.5. The van der Waals surface area contributed by atoms with Gasteiger partial charge in [0.2, 0.25) is 0 Å². The lowest BCUT2D eigenvalue weighted by atomic mass is 10.1. The molecule has 20 heavy (non-hydrogen) atoms. The zero-order valence-corrected chi connectivity index (χ0v) is 11.4. The predicted octanol–water partition coefficient (Wildman–Crippen LogP) is 3.57. The molecule has 2 rings (SSSR count). The second kappa shape index (κ2) is 7.95. The van der Waals surface area contributed by atoms with Crippen molar-refractivity contribution < 1.29 is 9.53 Å². The molecule has 0 amide bonds. The third kappa shape index (κ3) is 5.11. The fourth-order valence-corrected chi connectivity index (χ4v) is 1.87. The van der Waals surface area contributed by atoms with E-state index in [9.17, 15) is 4.79 Å². The summed E-state index contributed by atoms with van der Waals surface area (Å²) in [6, 6.07) is 20.0. The molecular weight excluding hydrogens is 248 g/mol. The second-order valence-electron chi connectivity index (χ2n) is 4.50. The molecule has 0 bridgehead atoms.